The molecular formula is C31H22O. The summed E-state index contributed by atoms with van der Waals surface area (Å²) < 4.78 is 0. The summed E-state index contributed by atoms with van der Waals surface area (Å²) in [7, 11) is 0. The Kier molecular flexibility index (Phi) is 6.31. The first-order chi connectivity index (χ1) is 15.6. The van der Waals surface area contributed by atoms with E-state index in [4.69, 9.17) is 0 Å². The summed E-state index contributed by atoms with van der Waals surface area (Å²) in [5, 5.41) is 0. The molecule has 0 saturated heterocycles. The average Bonchev–Trinajstić information content (AvgIpc) is 2.83. The van der Waals surface area contributed by atoms with Gasteiger partial charge < -0.3 is 0 Å². The van der Waals surface area contributed by atoms with Crippen molar-refractivity contribution in [3.05, 3.63) is 142 Å². The average molecular weight is 411 g/mol. The number of carbonyl (C=O) groups excluding carboxylic acids is 1. The van der Waals surface area contributed by atoms with Crippen LogP contribution in [0.2, 0.25) is 0 Å². The number of ketones is 1. The number of aryl methyl sites for hydroxylation is 2. The lowest BCUT2D eigenvalue weighted by molar-refractivity contribution is 0.103. The summed E-state index contributed by atoms with van der Waals surface area (Å²) in [6.45, 7) is 4.10. The molecule has 0 atom stereocenters. The van der Waals surface area contributed by atoms with Crippen LogP contribution in [0.1, 0.15) is 49.3 Å². The molecule has 0 aromatic heterocycles. The van der Waals surface area contributed by atoms with Crippen LogP contribution in [0.4, 0.5) is 0 Å². The number of hydrogen-bond acceptors (Lipinski definition) is 1. The van der Waals surface area contributed by atoms with Gasteiger partial charge >= 0.3 is 0 Å². The molecule has 0 bridgehead atoms. The molecule has 0 saturated carbocycles. The maximum absolute atomic E-state index is 13.1. The zero-order valence-electron chi connectivity index (χ0n) is 18.1. The van der Waals surface area contributed by atoms with Crippen molar-refractivity contribution in [3.63, 3.8) is 0 Å². The van der Waals surface area contributed by atoms with E-state index in [2.05, 4.69) is 37.5 Å². The summed E-state index contributed by atoms with van der Waals surface area (Å²) in [6, 6.07) is 31.1. The Balaban J connectivity index is 1.55. The van der Waals surface area contributed by atoms with Gasteiger partial charge in [0, 0.05) is 33.4 Å². The Morgan fingerprint density at radius 3 is 1.28 bits per heavy atom. The second-order valence-electron chi connectivity index (χ2n) is 7.72. The minimum absolute atomic E-state index is 0.0389. The van der Waals surface area contributed by atoms with E-state index in [0.717, 1.165) is 22.3 Å². The lowest BCUT2D eigenvalue weighted by atomic mass is 9.99. The maximum atomic E-state index is 13.1. The summed E-state index contributed by atoms with van der Waals surface area (Å²) in [5.74, 6) is 12.6. The van der Waals surface area contributed by atoms with Crippen molar-refractivity contribution in [3.8, 4) is 23.7 Å². The molecule has 4 aromatic rings. The van der Waals surface area contributed by atoms with Crippen LogP contribution in [-0.4, -0.2) is 5.78 Å². The topological polar surface area (TPSA) is 17.1 Å². The van der Waals surface area contributed by atoms with Gasteiger partial charge in [-0.15, -0.1) is 0 Å². The highest BCUT2D eigenvalue weighted by Crippen LogP contribution is 2.14. The first-order valence-electron chi connectivity index (χ1n) is 10.5. The van der Waals surface area contributed by atoms with E-state index in [-0.39, 0.29) is 5.78 Å². The molecule has 0 fully saturated rings. The Morgan fingerprint density at radius 1 is 0.500 bits per heavy atom. The normalized spacial score (nSPS) is 9.81. The molecule has 0 radical (unpaired) electrons. The quantitative estimate of drug-likeness (QED) is 0.279. The first-order valence-corrected chi connectivity index (χ1v) is 10.5. The van der Waals surface area contributed by atoms with Crippen molar-refractivity contribution in [1.82, 2.24) is 0 Å². The van der Waals surface area contributed by atoms with Gasteiger partial charge in [-0.05, 0) is 62.4 Å². The number of carbonyl (C=O) groups is 1. The minimum atomic E-state index is -0.0389. The van der Waals surface area contributed by atoms with Gasteiger partial charge in [0.15, 0.2) is 5.78 Å². The largest absolute Gasteiger partial charge is 0.289 e. The van der Waals surface area contributed by atoms with Crippen molar-refractivity contribution < 1.29 is 4.79 Å². The Bertz CT molecular complexity index is 1270. The molecule has 0 aliphatic heterocycles. The minimum Gasteiger partial charge on any atom is -0.289 e. The third kappa shape index (κ3) is 5.42. The number of hydrogen-bond donors (Lipinski definition) is 0. The molecule has 4 rings (SSSR count). The van der Waals surface area contributed by atoms with E-state index < -0.39 is 0 Å². The zero-order valence-corrected chi connectivity index (χ0v) is 18.1. The second kappa shape index (κ2) is 9.65. The highest BCUT2D eigenvalue weighted by atomic mass is 16.1. The van der Waals surface area contributed by atoms with E-state index in [1.54, 1.807) is 0 Å². The Labute approximate surface area is 189 Å². The monoisotopic (exact) mass is 410 g/mol. The van der Waals surface area contributed by atoms with Crippen LogP contribution in [0, 0.1) is 37.5 Å². The summed E-state index contributed by atoms with van der Waals surface area (Å²) in [4.78, 5) is 13.1. The molecule has 0 spiro atoms. The molecule has 0 heterocycles. The lowest BCUT2D eigenvalue weighted by Gasteiger charge is -2.03. The van der Waals surface area contributed by atoms with Crippen LogP contribution in [0.15, 0.2) is 97.1 Å². The Hall–Kier alpha value is -4.33. The van der Waals surface area contributed by atoms with Crippen molar-refractivity contribution in [2.24, 2.45) is 0 Å². The SMILES string of the molecule is Cc1ccc(C#Cc2cccc(C(=O)c3cccc(C#Cc4ccc(C)cc4)c3)c2)cc1. The van der Waals surface area contributed by atoms with Crippen LogP contribution < -0.4 is 0 Å². The third-order valence-electron chi connectivity index (χ3n) is 5.06. The molecule has 0 amide bonds. The molecule has 1 nitrogen and oxygen atoms in total. The molecule has 1 heteroatoms. The summed E-state index contributed by atoms with van der Waals surface area (Å²) in [6.07, 6.45) is 0. The van der Waals surface area contributed by atoms with Crippen LogP contribution in [0.5, 0.6) is 0 Å². The third-order valence-corrected chi connectivity index (χ3v) is 5.06. The van der Waals surface area contributed by atoms with Gasteiger partial charge in [-0.25, -0.2) is 0 Å². The van der Waals surface area contributed by atoms with E-state index in [0.29, 0.717) is 11.1 Å². The van der Waals surface area contributed by atoms with Crippen LogP contribution in [-0.2, 0) is 0 Å². The standard InChI is InChI=1S/C31H22O/c1-23-9-13-25(14-10-23)17-19-27-5-3-7-29(21-27)31(32)30-8-4-6-28(22-30)20-18-26-15-11-24(2)12-16-26/h3-16,21-22H,1-2H3. The van der Waals surface area contributed by atoms with Crippen molar-refractivity contribution in [1.29, 1.82) is 0 Å². The molecule has 152 valence electrons. The second-order valence-corrected chi connectivity index (χ2v) is 7.72. The van der Waals surface area contributed by atoms with Gasteiger partial charge in [0.1, 0.15) is 0 Å². The van der Waals surface area contributed by atoms with Gasteiger partial charge in [-0.1, -0.05) is 83.3 Å². The fourth-order valence-corrected chi connectivity index (χ4v) is 3.21. The van der Waals surface area contributed by atoms with Crippen molar-refractivity contribution in [2.75, 3.05) is 0 Å². The highest BCUT2D eigenvalue weighted by molar-refractivity contribution is 6.09. The maximum Gasteiger partial charge on any atom is 0.193 e. The lowest BCUT2D eigenvalue weighted by Crippen LogP contribution is -2.01. The van der Waals surface area contributed by atoms with Crippen LogP contribution in [0.3, 0.4) is 0 Å². The predicted molar refractivity (Wildman–Crippen MR) is 131 cm³/mol. The number of benzene rings is 4. The highest BCUT2D eigenvalue weighted by Gasteiger charge is 2.09. The molecule has 4 aromatic carbocycles. The molecule has 0 aliphatic rings. The van der Waals surface area contributed by atoms with Gasteiger partial charge in [0.25, 0.3) is 0 Å². The van der Waals surface area contributed by atoms with Gasteiger partial charge in [0.2, 0.25) is 0 Å². The molecule has 0 N–H and O–H groups in total. The van der Waals surface area contributed by atoms with Crippen LogP contribution >= 0.6 is 0 Å². The predicted octanol–water partition coefficient (Wildman–Crippen LogP) is 6.33. The van der Waals surface area contributed by atoms with Gasteiger partial charge in [-0.3, -0.25) is 4.79 Å². The van der Waals surface area contributed by atoms with Gasteiger partial charge in [0.05, 0.1) is 0 Å². The molecule has 32 heavy (non-hydrogen) atoms. The van der Waals surface area contributed by atoms with Crippen molar-refractivity contribution >= 4 is 5.78 Å². The van der Waals surface area contributed by atoms with Crippen LogP contribution in [0.25, 0.3) is 0 Å². The van der Waals surface area contributed by atoms with Crippen molar-refractivity contribution in [2.45, 2.75) is 13.8 Å². The summed E-state index contributed by atoms with van der Waals surface area (Å²) in [5.41, 5.74) is 7.16. The molecular weight excluding hydrogens is 388 g/mol. The van der Waals surface area contributed by atoms with E-state index in [1.165, 1.54) is 11.1 Å². The van der Waals surface area contributed by atoms with E-state index in [9.17, 15) is 4.79 Å². The fourth-order valence-electron chi connectivity index (χ4n) is 3.21. The van der Waals surface area contributed by atoms with E-state index >= 15 is 0 Å². The zero-order chi connectivity index (χ0) is 22.3. The summed E-state index contributed by atoms with van der Waals surface area (Å²) >= 11 is 0. The molecule has 0 aliphatic carbocycles. The van der Waals surface area contributed by atoms with E-state index in [1.807, 2.05) is 97.1 Å². The first kappa shape index (κ1) is 20.9. The smallest absolute Gasteiger partial charge is 0.193 e. The Morgan fingerprint density at radius 2 is 0.875 bits per heavy atom. The fraction of sp³-hybridized carbons (Fsp3) is 0.0645. The molecule has 0 unspecified atom stereocenters. The van der Waals surface area contributed by atoms with Gasteiger partial charge in [-0.2, -0.15) is 0 Å². The number of rotatable bonds is 2.